The highest BCUT2D eigenvalue weighted by molar-refractivity contribution is 5.88. The van der Waals surface area contributed by atoms with Crippen molar-refractivity contribution in [3.8, 4) is 0 Å². The molecule has 0 radical (unpaired) electrons. The summed E-state index contributed by atoms with van der Waals surface area (Å²) >= 11 is 0. The van der Waals surface area contributed by atoms with Gasteiger partial charge in [-0.3, -0.25) is 9.59 Å². The molecule has 0 aromatic rings. The van der Waals surface area contributed by atoms with E-state index in [1.54, 1.807) is 0 Å². The average molecular weight is 227 g/mol. The summed E-state index contributed by atoms with van der Waals surface area (Å²) in [5.74, 6) is -3.26. The van der Waals surface area contributed by atoms with Crippen LogP contribution in [0.3, 0.4) is 0 Å². The molecule has 88 valence electrons. The number of carbonyl (C=O) groups is 3. The lowest BCUT2D eigenvalue weighted by Gasteiger charge is -2.15. The first-order chi connectivity index (χ1) is 7.50. The van der Waals surface area contributed by atoms with Crippen LogP contribution < -0.4 is 5.32 Å². The number of allylic oxidation sites excluding steroid dienone is 2. The van der Waals surface area contributed by atoms with Crippen molar-refractivity contribution >= 4 is 17.8 Å². The van der Waals surface area contributed by atoms with E-state index >= 15 is 0 Å². The summed E-state index contributed by atoms with van der Waals surface area (Å²) < 4.78 is 0. The molecular formula is C10H13NO5. The van der Waals surface area contributed by atoms with Crippen molar-refractivity contribution in [1.82, 2.24) is 5.32 Å². The molecule has 0 saturated heterocycles. The zero-order valence-corrected chi connectivity index (χ0v) is 8.55. The second kappa shape index (κ2) is 5.29. The monoisotopic (exact) mass is 227 g/mol. The van der Waals surface area contributed by atoms with Gasteiger partial charge in [-0.15, -0.1) is 0 Å². The van der Waals surface area contributed by atoms with Gasteiger partial charge in [-0.05, 0) is 12.8 Å². The third-order valence-electron chi connectivity index (χ3n) is 2.37. The molecule has 1 aliphatic rings. The number of carbonyl (C=O) groups excluding carboxylic acids is 1. The van der Waals surface area contributed by atoms with E-state index in [4.69, 9.17) is 10.2 Å². The Bertz CT molecular complexity index is 328. The van der Waals surface area contributed by atoms with Crippen molar-refractivity contribution in [2.45, 2.75) is 25.3 Å². The fourth-order valence-corrected chi connectivity index (χ4v) is 1.50. The van der Waals surface area contributed by atoms with Crippen molar-refractivity contribution in [3.05, 3.63) is 12.2 Å². The fraction of sp³-hybridized carbons (Fsp3) is 0.500. The third kappa shape index (κ3) is 3.38. The Morgan fingerprint density at radius 2 is 1.81 bits per heavy atom. The van der Waals surface area contributed by atoms with Gasteiger partial charge in [0.2, 0.25) is 5.91 Å². The third-order valence-corrected chi connectivity index (χ3v) is 2.37. The van der Waals surface area contributed by atoms with E-state index in [2.05, 4.69) is 5.32 Å². The second-order valence-electron chi connectivity index (χ2n) is 3.64. The summed E-state index contributed by atoms with van der Waals surface area (Å²) in [6.07, 6.45) is 4.23. The lowest BCUT2D eigenvalue weighted by atomic mass is 10.1. The molecule has 0 fully saturated rings. The van der Waals surface area contributed by atoms with Crippen molar-refractivity contribution in [2.24, 2.45) is 5.92 Å². The zero-order valence-electron chi connectivity index (χ0n) is 8.55. The topological polar surface area (TPSA) is 104 Å². The molecule has 1 rings (SSSR count). The van der Waals surface area contributed by atoms with Gasteiger partial charge >= 0.3 is 11.9 Å². The van der Waals surface area contributed by atoms with Crippen LogP contribution in [0.5, 0.6) is 0 Å². The minimum Gasteiger partial charge on any atom is -0.481 e. The number of carboxylic acids is 2. The van der Waals surface area contributed by atoms with Gasteiger partial charge in [0.05, 0.1) is 6.42 Å². The van der Waals surface area contributed by atoms with Crippen LogP contribution in [-0.2, 0) is 14.4 Å². The normalized spacial score (nSPS) is 17.0. The van der Waals surface area contributed by atoms with E-state index in [1.807, 2.05) is 12.2 Å². The molecule has 0 saturated carbocycles. The minimum atomic E-state index is -1.36. The highest BCUT2D eigenvalue weighted by Crippen LogP contribution is 2.17. The quantitative estimate of drug-likeness (QED) is 0.573. The first kappa shape index (κ1) is 12.2. The molecule has 0 aliphatic heterocycles. The molecular weight excluding hydrogens is 214 g/mol. The SMILES string of the molecule is O=C(O)C[C@H](NC(=O)C1CC=CC1)C(=O)O. The average Bonchev–Trinajstić information content (AvgIpc) is 2.68. The van der Waals surface area contributed by atoms with Crippen LogP contribution in [0.1, 0.15) is 19.3 Å². The molecule has 0 bridgehead atoms. The molecule has 0 aromatic heterocycles. The highest BCUT2D eigenvalue weighted by Gasteiger charge is 2.27. The van der Waals surface area contributed by atoms with Crippen LogP contribution in [0.2, 0.25) is 0 Å². The maximum absolute atomic E-state index is 11.5. The Balaban J connectivity index is 2.50. The number of hydrogen-bond donors (Lipinski definition) is 3. The van der Waals surface area contributed by atoms with E-state index < -0.39 is 30.3 Å². The number of rotatable bonds is 5. The summed E-state index contributed by atoms with van der Waals surface area (Å²) in [5, 5.41) is 19.4. The number of hydrogen-bond acceptors (Lipinski definition) is 3. The summed E-state index contributed by atoms with van der Waals surface area (Å²) in [4.78, 5) is 32.6. The van der Waals surface area contributed by atoms with Crippen LogP contribution in [0, 0.1) is 5.92 Å². The Labute approximate surface area is 92.0 Å². The number of carboxylic acid groups (broad SMARTS) is 2. The number of aliphatic carboxylic acids is 2. The van der Waals surface area contributed by atoms with Gasteiger partial charge in [0.15, 0.2) is 0 Å². The highest BCUT2D eigenvalue weighted by atomic mass is 16.4. The van der Waals surface area contributed by atoms with Crippen LogP contribution in [-0.4, -0.2) is 34.1 Å². The standard InChI is InChI=1S/C10H13NO5/c12-8(13)5-7(10(15)16)11-9(14)6-3-1-2-4-6/h1-2,6-7H,3-5H2,(H,11,14)(H,12,13)(H,15,16)/t7-/m0/s1. The molecule has 3 N–H and O–H groups in total. The smallest absolute Gasteiger partial charge is 0.326 e. The number of amides is 1. The minimum absolute atomic E-state index is 0.268. The summed E-state index contributed by atoms with van der Waals surface area (Å²) in [5.41, 5.74) is 0. The summed E-state index contributed by atoms with van der Waals surface area (Å²) in [6.45, 7) is 0. The van der Waals surface area contributed by atoms with Crippen LogP contribution >= 0.6 is 0 Å². The lowest BCUT2D eigenvalue weighted by Crippen LogP contribution is -2.44. The predicted molar refractivity (Wildman–Crippen MR) is 53.7 cm³/mol. The van der Waals surface area contributed by atoms with Crippen molar-refractivity contribution in [1.29, 1.82) is 0 Å². The zero-order chi connectivity index (χ0) is 12.1. The second-order valence-corrected chi connectivity index (χ2v) is 3.64. The Hall–Kier alpha value is -1.85. The van der Waals surface area contributed by atoms with Gasteiger partial charge in [0.25, 0.3) is 0 Å². The van der Waals surface area contributed by atoms with E-state index in [0.29, 0.717) is 12.8 Å². The Morgan fingerprint density at radius 3 is 2.25 bits per heavy atom. The first-order valence-corrected chi connectivity index (χ1v) is 4.90. The van der Waals surface area contributed by atoms with E-state index in [9.17, 15) is 14.4 Å². The van der Waals surface area contributed by atoms with Crippen molar-refractivity contribution in [2.75, 3.05) is 0 Å². The fourth-order valence-electron chi connectivity index (χ4n) is 1.50. The molecule has 16 heavy (non-hydrogen) atoms. The summed E-state index contributed by atoms with van der Waals surface area (Å²) in [7, 11) is 0. The predicted octanol–water partition coefficient (Wildman–Crippen LogP) is -0.00330. The van der Waals surface area contributed by atoms with E-state index in [1.165, 1.54) is 0 Å². The van der Waals surface area contributed by atoms with Gasteiger partial charge in [-0.2, -0.15) is 0 Å². The molecule has 0 heterocycles. The van der Waals surface area contributed by atoms with E-state index in [0.717, 1.165) is 0 Å². The van der Waals surface area contributed by atoms with Crippen molar-refractivity contribution < 1.29 is 24.6 Å². The van der Waals surface area contributed by atoms with E-state index in [-0.39, 0.29) is 5.92 Å². The van der Waals surface area contributed by atoms with Gasteiger partial charge in [-0.1, -0.05) is 12.2 Å². The van der Waals surface area contributed by atoms with Gasteiger partial charge in [0, 0.05) is 5.92 Å². The number of nitrogens with one attached hydrogen (secondary N) is 1. The molecule has 1 atom stereocenters. The lowest BCUT2D eigenvalue weighted by molar-refractivity contribution is -0.147. The van der Waals surface area contributed by atoms with Gasteiger partial charge in [0.1, 0.15) is 6.04 Å². The molecule has 0 spiro atoms. The van der Waals surface area contributed by atoms with Gasteiger partial charge in [-0.25, -0.2) is 4.79 Å². The van der Waals surface area contributed by atoms with Gasteiger partial charge < -0.3 is 15.5 Å². The molecule has 6 heteroatoms. The Kier molecular flexibility index (Phi) is 4.04. The van der Waals surface area contributed by atoms with Crippen LogP contribution in [0.25, 0.3) is 0 Å². The first-order valence-electron chi connectivity index (χ1n) is 4.90. The summed E-state index contributed by atoms with van der Waals surface area (Å²) in [6, 6.07) is -1.36. The molecule has 1 amide bonds. The molecule has 1 aliphatic carbocycles. The maximum atomic E-state index is 11.5. The maximum Gasteiger partial charge on any atom is 0.326 e. The van der Waals surface area contributed by atoms with Crippen LogP contribution in [0.4, 0.5) is 0 Å². The molecule has 0 aromatic carbocycles. The largest absolute Gasteiger partial charge is 0.481 e. The van der Waals surface area contributed by atoms with Crippen molar-refractivity contribution in [3.63, 3.8) is 0 Å². The molecule has 0 unspecified atom stereocenters. The Morgan fingerprint density at radius 1 is 1.25 bits per heavy atom. The molecule has 6 nitrogen and oxygen atoms in total. The van der Waals surface area contributed by atoms with Crippen LogP contribution in [0.15, 0.2) is 12.2 Å².